The third-order valence-corrected chi connectivity index (χ3v) is 5.89. The minimum atomic E-state index is -0.628. The number of carbonyl (C=O) groups is 4. The molecule has 1 aliphatic rings. The molecular formula is C26H23NO6. The summed E-state index contributed by atoms with van der Waals surface area (Å²) >= 11 is 0. The lowest BCUT2D eigenvalue weighted by Gasteiger charge is -2.22. The van der Waals surface area contributed by atoms with Crippen LogP contribution in [0.5, 0.6) is 0 Å². The number of methoxy groups -OCH3 is 2. The molecule has 0 bridgehead atoms. The Kier molecular flexibility index (Phi) is 6.22. The maximum absolute atomic E-state index is 13.2. The van der Waals surface area contributed by atoms with E-state index in [2.05, 4.69) is 4.98 Å². The number of aromatic nitrogens is 1. The van der Waals surface area contributed by atoms with E-state index in [4.69, 9.17) is 9.47 Å². The molecule has 7 nitrogen and oxygen atoms in total. The number of fused-ring (bicyclic) bond motifs is 2. The average molecular weight is 445 g/mol. The van der Waals surface area contributed by atoms with Crippen LogP contribution in [0.15, 0.2) is 54.2 Å². The maximum atomic E-state index is 13.2. The van der Waals surface area contributed by atoms with Gasteiger partial charge in [0.2, 0.25) is 11.6 Å². The summed E-state index contributed by atoms with van der Waals surface area (Å²) in [5.74, 6) is -2.05. The zero-order chi connectivity index (χ0) is 23.5. The lowest BCUT2D eigenvalue weighted by Crippen LogP contribution is -2.25. The number of H-pyrrole nitrogens is 1. The summed E-state index contributed by atoms with van der Waals surface area (Å²) in [7, 11) is 2.61. The van der Waals surface area contributed by atoms with Gasteiger partial charge in [-0.25, -0.2) is 0 Å². The van der Waals surface area contributed by atoms with Crippen LogP contribution in [0.2, 0.25) is 0 Å². The minimum absolute atomic E-state index is 0.0107. The van der Waals surface area contributed by atoms with Crippen molar-refractivity contribution in [2.45, 2.75) is 25.7 Å². The first-order chi connectivity index (χ1) is 15.9. The van der Waals surface area contributed by atoms with Crippen LogP contribution in [0, 0.1) is 0 Å². The Morgan fingerprint density at radius 1 is 0.818 bits per heavy atom. The molecule has 0 saturated heterocycles. The number of aryl methyl sites for hydroxylation is 1. The number of Topliss-reactive ketones (excluding diaryl/α,β-unsaturated/α-hetero) is 2. The fourth-order valence-corrected chi connectivity index (χ4v) is 4.19. The Morgan fingerprint density at radius 3 is 2.24 bits per heavy atom. The summed E-state index contributed by atoms with van der Waals surface area (Å²) in [5, 5.41) is 0.908. The lowest BCUT2D eigenvalue weighted by molar-refractivity contribution is -0.141. The van der Waals surface area contributed by atoms with Gasteiger partial charge in [-0.3, -0.25) is 19.2 Å². The van der Waals surface area contributed by atoms with Gasteiger partial charge < -0.3 is 14.5 Å². The molecule has 0 spiro atoms. The second kappa shape index (κ2) is 9.24. The molecule has 1 heterocycles. The molecule has 0 saturated carbocycles. The third kappa shape index (κ3) is 4.22. The Labute approximate surface area is 190 Å². The summed E-state index contributed by atoms with van der Waals surface area (Å²) < 4.78 is 9.43. The molecule has 0 radical (unpaired) electrons. The van der Waals surface area contributed by atoms with Crippen molar-refractivity contribution in [1.82, 2.24) is 4.98 Å². The van der Waals surface area contributed by atoms with Crippen molar-refractivity contribution < 1.29 is 28.7 Å². The highest BCUT2D eigenvalue weighted by Gasteiger charge is 2.34. The fourth-order valence-electron chi connectivity index (χ4n) is 4.19. The van der Waals surface area contributed by atoms with Crippen molar-refractivity contribution in [3.8, 4) is 0 Å². The zero-order valence-corrected chi connectivity index (χ0v) is 18.4. The lowest BCUT2D eigenvalue weighted by atomic mass is 9.78. The molecule has 0 fully saturated rings. The van der Waals surface area contributed by atoms with Crippen molar-refractivity contribution in [2.75, 3.05) is 14.2 Å². The Balaban J connectivity index is 1.87. The van der Waals surface area contributed by atoms with Crippen LogP contribution in [0.4, 0.5) is 0 Å². The number of rotatable bonds is 7. The smallest absolute Gasteiger partial charge is 0.305 e. The largest absolute Gasteiger partial charge is 0.469 e. The van der Waals surface area contributed by atoms with Gasteiger partial charge in [0.1, 0.15) is 0 Å². The first-order valence-corrected chi connectivity index (χ1v) is 10.6. The van der Waals surface area contributed by atoms with E-state index < -0.39 is 17.5 Å². The summed E-state index contributed by atoms with van der Waals surface area (Å²) in [6, 6.07) is 13.0. The van der Waals surface area contributed by atoms with Crippen molar-refractivity contribution in [2.24, 2.45) is 0 Å². The molecule has 0 amide bonds. The van der Waals surface area contributed by atoms with E-state index in [0.29, 0.717) is 28.7 Å². The summed E-state index contributed by atoms with van der Waals surface area (Å²) in [4.78, 5) is 52.8. The SMILES string of the molecule is COC(=O)CCC1=C(c2c[nH]c3ccccc23)c2ccc(CCC(=O)OC)cc2C(=O)C1=O. The summed E-state index contributed by atoms with van der Waals surface area (Å²) in [5.41, 5.74) is 4.30. The fraction of sp³-hybridized carbons (Fsp3) is 0.231. The van der Waals surface area contributed by atoms with Gasteiger partial charge in [0.25, 0.3) is 0 Å². The van der Waals surface area contributed by atoms with Crippen molar-refractivity contribution >= 4 is 40.0 Å². The van der Waals surface area contributed by atoms with Gasteiger partial charge in [-0.15, -0.1) is 0 Å². The number of benzene rings is 2. The predicted molar refractivity (Wildman–Crippen MR) is 122 cm³/mol. The first-order valence-electron chi connectivity index (χ1n) is 10.6. The van der Waals surface area contributed by atoms with Gasteiger partial charge in [0, 0.05) is 46.6 Å². The number of ketones is 2. The number of carbonyl (C=O) groups excluding carboxylic acids is 4. The maximum Gasteiger partial charge on any atom is 0.305 e. The number of ether oxygens (including phenoxy) is 2. The average Bonchev–Trinajstić information content (AvgIpc) is 3.27. The minimum Gasteiger partial charge on any atom is -0.469 e. The van der Waals surface area contributed by atoms with Crippen molar-refractivity contribution in [3.63, 3.8) is 0 Å². The van der Waals surface area contributed by atoms with Gasteiger partial charge >= 0.3 is 11.9 Å². The van der Waals surface area contributed by atoms with Crippen LogP contribution in [0.1, 0.15) is 46.3 Å². The monoisotopic (exact) mass is 445 g/mol. The summed E-state index contributed by atoms with van der Waals surface area (Å²) in [6.07, 6.45) is 2.46. The van der Waals surface area contributed by atoms with Crippen LogP contribution in [-0.2, 0) is 30.3 Å². The molecule has 0 atom stereocenters. The van der Waals surface area contributed by atoms with Crippen molar-refractivity contribution in [1.29, 1.82) is 0 Å². The van der Waals surface area contributed by atoms with Crippen LogP contribution in [0.3, 0.4) is 0 Å². The zero-order valence-electron chi connectivity index (χ0n) is 18.4. The number of esters is 2. The summed E-state index contributed by atoms with van der Waals surface area (Å²) in [6.45, 7) is 0. The number of nitrogens with one attached hydrogen (secondary N) is 1. The van der Waals surface area contributed by atoms with Crippen molar-refractivity contribution in [3.05, 3.63) is 76.5 Å². The highest BCUT2D eigenvalue weighted by molar-refractivity contribution is 6.53. The van der Waals surface area contributed by atoms with Crippen LogP contribution < -0.4 is 0 Å². The quantitative estimate of drug-likeness (QED) is 0.438. The molecule has 1 N–H and O–H groups in total. The molecule has 0 aliphatic heterocycles. The van der Waals surface area contributed by atoms with Gasteiger partial charge in [-0.1, -0.05) is 30.3 Å². The van der Waals surface area contributed by atoms with Crippen LogP contribution >= 0.6 is 0 Å². The van der Waals surface area contributed by atoms with E-state index in [1.165, 1.54) is 14.2 Å². The Bertz CT molecular complexity index is 1310. The second-order valence-electron chi connectivity index (χ2n) is 7.79. The number of para-hydroxylation sites is 1. The number of allylic oxidation sites excluding steroid dienone is 1. The van der Waals surface area contributed by atoms with E-state index in [1.807, 2.05) is 42.6 Å². The van der Waals surface area contributed by atoms with Gasteiger partial charge in [-0.05, 0) is 41.7 Å². The Morgan fingerprint density at radius 2 is 1.52 bits per heavy atom. The molecule has 4 rings (SSSR count). The molecule has 1 aliphatic carbocycles. The van der Waals surface area contributed by atoms with Gasteiger partial charge in [-0.2, -0.15) is 0 Å². The number of hydrogen-bond acceptors (Lipinski definition) is 6. The molecule has 3 aromatic rings. The first kappa shape index (κ1) is 22.2. The molecule has 2 aromatic carbocycles. The number of aromatic amines is 1. The Hall–Kier alpha value is -4.00. The van der Waals surface area contributed by atoms with E-state index in [-0.39, 0.29) is 25.2 Å². The molecule has 168 valence electrons. The molecular weight excluding hydrogens is 422 g/mol. The topological polar surface area (TPSA) is 103 Å². The highest BCUT2D eigenvalue weighted by atomic mass is 16.5. The van der Waals surface area contributed by atoms with E-state index in [0.717, 1.165) is 22.0 Å². The molecule has 33 heavy (non-hydrogen) atoms. The highest BCUT2D eigenvalue weighted by Crippen LogP contribution is 2.39. The second-order valence-corrected chi connectivity index (χ2v) is 7.79. The van der Waals surface area contributed by atoms with Gasteiger partial charge in [0.15, 0.2) is 0 Å². The van der Waals surface area contributed by atoms with Crippen LogP contribution in [-0.4, -0.2) is 42.7 Å². The van der Waals surface area contributed by atoms with Crippen LogP contribution in [0.25, 0.3) is 16.5 Å². The van der Waals surface area contributed by atoms with E-state index >= 15 is 0 Å². The molecule has 1 aromatic heterocycles. The predicted octanol–water partition coefficient (Wildman–Crippen LogP) is 3.79. The normalized spacial score (nSPS) is 13.3. The standard InChI is InChI=1S/C26H23NO6/c1-32-22(28)11-8-15-7-9-17-19(13-15)26(31)25(30)18(10-12-23(29)33-2)24(17)20-14-27-21-6-4-3-5-16(20)21/h3-7,9,13-14,27H,8,10-12H2,1-2H3. The van der Waals surface area contributed by atoms with E-state index in [1.54, 1.807) is 6.07 Å². The third-order valence-electron chi connectivity index (χ3n) is 5.89. The number of hydrogen-bond donors (Lipinski definition) is 1. The molecule has 7 heteroatoms. The van der Waals surface area contributed by atoms with E-state index in [9.17, 15) is 19.2 Å². The van der Waals surface area contributed by atoms with Gasteiger partial charge in [0.05, 0.1) is 14.2 Å². The molecule has 0 unspecified atom stereocenters.